The Morgan fingerprint density at radius 2 is 1.79 bits per heavy atom. The van der Waals surface area contributed by atoms with Gasteiger partial charge in [0.2, 0.25) is 0 Å². The first-order chi connectivity index (χ1) is 15.9. The zero-order chi connectivity index (χ0) is 23.1. The van der Waals surface area contributed by atoms with E-state index in [1.807, 2.05) is 6.92 Å². The number of fused-ring (bicyclic) bond motifs is 1. The molecule has 1 aliphatic rings. The molecular formula is C24H25N7O2. The molecule has 0 amide bonds. The van der Waals surface area contributed by atoms with Crippen LogP contribution in [0, 0.1) is 17.0 Å². The highest BCUT2D eigenvalue weighted by Crippen LogP contribution is 2.34. The number of likely N-dealkylation sites (N-methyl/N-ethyl adjacent to an activating group) is 1. The van der Waals surface area contributed by atoms with E-state index < -0.39 is 4.92 Å². The fourth-order valence-electron chi connectivity index (χ4n) is 4.36. The second-order valence-electron chi connectivity index (χ2n) is 8.45. The average molecular weight is 444 g/mol. The Hall–Kier alpha value is -3.98. The van der Waals surface area contributed by atoms with E-state index in [2.05, 4.69) is 51.2 Å². The summed E-state index contributed by atoms with van der Waals surface area (Å²) < 4.78 is 1.63. The van der Waals surface area contributed by atoms with Crippen LogP contribution in [0.25, 0.3) is 27.9 Å². The molecule has 1 fully saturated rings. The molecule has 1 aliphatic heterocycles. The number of aryl methyl sites for hydroxylation is 1. The summed E-state index contributed by atoms with van der Waals surface area (Å²) in [5.74, 6) is 0.443. The average Bonchev–Trinajstić information content (AvgIpc) is 3.25. The van der Waals surface area contributed by atoms with Crippen LogP contribution < -0.4 is 10.6 Å². The van der Waals surface area contributed by atoms with E-state index in [0.717, 1.165) is 48.4 Å². The van der Waals surface area contributed by atoms with Crippen molar-refractivity contribution < 1.29 is 4.92 Å². The molecule has 0 saturated carbocycles. The Morgan fingerprint density at radius 3 is 2.52 bits per heavy atom. The van der Waals surface area contributed by atoms with Gasteiger partial charge in [0.25, 0.3) is 5.69 Å². The van der Waals surface area contributed by atoms with E-state index >= 15 is 0 Å². The highest BCUT2D eigenvalue weighted by molar-refractivity contribution is 5.84. The molecule has 0 spiro atoms. The summed E-state index contributed by atoms with van der Waals surface area (Å²) in [7, 11) is 2.15. The molecule has 33 heavy (non-hydrogen) atoms. The van der Waals surface area contributed by atoms with Crippen molar-refractivity contribution in [2.45, 2.75) is 6.92 Å². The first kappa shape index (κ1) is 20.9. The molecule has 0 aliphatic carbocycles. The van der Waals surface area contributed by atoms with E-state index in [1.54, 1.807) is 23.0 Å². The monoisotopic (exact) mass is 443 g/mol. The number of nitro groups is 1. The van der Waals surface area contributed by atoms with Crippen molar-refractivity contribution in [2.75, 3.05) is 43.9 Å². The Morgan fingerprint density at radius 1 is 1.00 bits per heavy atom. The lowest BCUT2D eigenvalue weighted by Crippen LogP contribution is -2.44. The third-order valence-electron chi connectivity index (χ3n) is 6.30. The van der Waals surface area contributed by atoms with E-state index in [1.165, 1.54) is 17.8 Å². The van der Waals surface area contributed by atoms with Crippen molar-refractivity contribution >= 4 is 22.8 Å². The van der Waals surface area contributed by atoms with Crippen LogP contribution in [0.1, 0.15) is 5.56 Å². The lowest BCUT2D eigenvalue weighted by atomic mass is 10.0. The second kappa shape index (κ2) is 8.18. The van der Waals surface area contributed by atoms with Gasteiger partial charge in [0, 0.05) is 61.3 Å². The molecule has 1 saturated heterocycles. The number of hydrogen-bond donors (Lipinski definition) is 1. The molecule has 0 bridgehead atoms. The number of nitro benzene ring substituents is 1. The number of nitrogens with zero attached hydrogens (tertiary/aromatic N) is 6. The van der Waals surface area contributed by atoms with Gasteiger partial charge in [-0.05, 0) is 48.9 Å². The first-order valence-corrected chi connectivity index (χ1v) is 10.8. The first-order valence-electron chi connectivity index (χ1n) is 10.8. The van der Waals surface area contributed by atoms with Gasteiger partial charge in [-0.2, -0.15) is 9.61 Å². The topological polar surface area (TPSA) is 106 Å². The van der Waals surface area contributed by atoms with Crippen LogP contribution in [0.15, 0.2) is 54.9 Å². The maximum absolute atomic E-state index is 11.1. The Labute approximate surface area is 191 Å². The van der Waals surface area contributed by atoms with Crippen LogP contribution in [-0.2, 0) is 0 Å². The Bertz CT molecular complexity index is 1360. The van der Waals surface area contributed by atoms with Crippen molar-refractivity contribution in [3.63, 3.8) is 0 Å². The summed E-state index contributed by atoms with van der Waals surface area (Å²) in [5.41, 5.74) is 12.6. The highest BCUT2D eigenvalue weighted by atomic mass is 16.6. The number of benzene rings is 2. The third kappa shape index (κ3) is 3.76. The summed E-state index contributed by atoms with van der Waals surface area (Å²) in [5, 5.41) is 15.6. The van der Waals surface area contributed by atoms with Crippen molar-refractivity contribution in [1.29, 1.82) is 0 Å². The summed E-state index contributed by atoms with van der Waals surface area (Å²) in [6.07, 6.45) is 3.50. The zero-order valence-corrected chi connectivity index (χ0v) is 18.6. The minimum absolute atomic E-state index is 0.0467. The predicted octanol–water partition coefficient (Wildman–Crippen LogP) is 3.61. The number of hydrogen-bond acceptors (Lipinski definition) is 7. The molecule has 168 valence electrons. The summed E-state index contributed by atoms with van der Waals surface area (Å²) in [4.78, 5) is 20.1. The van der Waals surface area contributed by atoms with Gasteiger partial charge >= 0.3 is 0 Å². The quantitative estimate of drug-likeness (QED) is 0.379. The number of non-ortho nitro benzene ring substituents is 1. The van der Waals surface area contributed by atoms with Gasteiger partial charge in [0.05, 0.1) is 11.1 Å². The van der Waals surface area contributed by atoms with E-state index in [-0.39, 0.29) is 5.69 Å². The van der Waals surface area contributed by atoms with E-state index in [9.17, 15) is 10.1 Å². The minimum atomic E-state index is -0.405. The maximum atomic E-state index is 11.1. The fraction of sp³-hybridized carbons (Fsp3) is 0.250. The number of aromatic nitrogens is 3. The van der Waals surface area contributed by atoms with Gasteiger partial charge in [0.15, 0.2) is 5.65 Å². The summed E-state index contributed by atoms with van der Waals surface area (Å²) >= 11 is 0. The SMILES string of the molecule is Cc1cc([N+](=O)[O-])ccc1-c1cnc2c(-c3cccc(N4CCN(C)CC4)c3)cnn2c1N. The van der Waals surface area contributed by atoms with Gasteiger partial charge < -0.3 is 15.5 Å². The Kier molecular flexibility index (Phi) is 5.18. The van der Waals surface area contributed by atoms with E-state index in [4.69, 9.17) is 5.73 Å². The van der Waals surface area contributed by atoms with Crippen molar-refractivity contribution in [3.8, 4) is 22.3 Å². The van der Waals surface area contributed by atoms with Crippen molar-refractivity contribution in [3.05, 3.63) is 70.5 Å². The van der Waals surface area contributed by atoms with Crippen LogP contribution in [-0.4, -0.2) is 57.6 Å². The number of piperazine rings is 1. The van der Waals surface area contributed by atoms with E-state index in [0.29, 0.717) is 17.0 Å². The fourth-order valence-corrected chi connectivity index (χ4v) is 4.36. The molecule has 9 heteroatoms. The molecule has 0 radical (unpaired) electrons. The van der Waals surface area contributed by atoms with Crippen LogP contribution in [0.3, 0.4) is 0 Å². The minimum Gasteiger partial charge on any atom is -0.383 e. The predicted molar refractivity (Wildman–Crippen MR) is 129 cm³/mol. The molecule has 2 N–H and O–H groups in total. The van der Waals surface area contributed by atoms with Crippen LogP contribution in [0.2, 0.25) is 0 Å². The van der Waals surface area contributed by atoms with Crippen molar-refractivity contribution in [1.82, 2.24) is 19.5 Å². The van der Waals surface area contributed by atoms with Crippen molar-refractivity contribution in [2.24, 2.45) is 0 Å². The standard InChI is InChI=1S/C24H25N7O2/c1-16-12-19(31(32)33)6-7-20(16)22-14-26-24-21(15-27-30(24)23(22)25)17-4-3-5-18(13-17)29-10-8-28(2)9-11-29/h3-7,12-15H,8-11,25H2,1-2H3. The van der Waals surface area contributed by atoms with Gasteiger partial charge in [-0.1, -0.05) is 12.1 Å². The van der Waals surface area contributed by atoms with Crippen LogP contribution in [0.4, 0.5) is 17.2 Å². The molecule has 3 heterocycles. The molecule has 9 nitrogen and oxygen atoms in total. The lowest BCUT2D eigenvalue weighted by Gasteiger charge is -2.34. The third-order valence-corrected chi connectivity index (χ3v) is 6.30. The molecular weight excluding hydrogens is 418 g/mol. The lowest BCUT2D eigenvalue weighted by molar-refractivity contribution is -0.384. The van der Waals surface area contributed by atoms with Gasteiger partial charge in [-0.15, -0.1) is 0 Å². The summed E-state index contributed by atoms with van der Waals surface area (Å²) in [6, 6.07) is 13.2. The van der Waals surface area contributed by atoms with Gasteiger partial charge in [0.1, 0.15) is 5.82 Å². The zero-order valence-electron chi connectivity index (χ0n) is 18.6. The normalized spacial score (nSPS) is 14.7. The number of nitrogens with two attached hydrogens (primary N) is 1. The molecule has 2 aromatic carbocycles. The van der Waals surface area contributed by atoms with Gasteiger partial charge in [-0.3, -0.25) is 10.1 Å². The maximum Gasteiger partial charge on any atom is 0.269 e. The largest absolute Gasteiger partial charge is 0.383 e. The number of anilines is 2. The number of rotatable bonds is 4. The molecule has 0 atom stereocenters. The summed E-state index contributed by atoms with van der Waals surface area (Å²) in [6.45, 7) is 5.91. The van der Waals surface area contributed by atoms with Crippen LogP contribution >= 0.6 is 0 Å². The van der Waals surface area contributed by atoms with Crippen LogP contribution in [0.5, 0.6) is 0 Å². The smallest absolute Gasteiger partial charge is 0.269 e. The Balaban J connectivity index is 1.52. The molecule has 2 aromatic heterocycles. The molecule has 0 unspecified atom stereocenters. The number of nitrogen functional groups attached to an aromatic ring is 1. The second-order valence-corrected chi connectivity index (χ2v) is 8.45. The van der Waals surface area contributed by atoms with Gasteiger partial charge in [-0.25, -0.2) is 4.98 Å². The molecule has 4 aromatic rings. The molecule has 5 rings (SSSR count). The highest BCUT2D eigenvalue weighted by Gasteiger charge is 2.18.